The summed E-state index contributed by atoms with van der Waals surface area (Å²) in [4.78, 5) is 11.7. The first-order valence-corrected chi connectivity index (χ1v) is 9.32. The lowest BCUT2D eigenvalue weighted by Crippen LogP contribution is -2.48. The summed E-state index contributed by atoms with van der Waals surface area (Å²) in [5, 5.41) is 19.6. The van der Waals surface area contributed by atoms with E-state index in [0.717, 1.165) is 5.57 Å². The summed E-state index contributed by atoms with van der Waals surface area (Å²) < 4.78 is 16.4. The first kappa shape index (κ1) is 23.3. The van der Waals surface area contributed by atoms with Crippen molar-refractivity contribution in [2.24, 2.45) is 0 Å². The maximum atomic E-state index is 11.7. The normalized spacial score (nSPS) is 27.8. The average Bonchev–Trinajstić information content (AvgIpc) is 2.61. The van der Waals surface area contributed by atoms with E-state index in [0.29, 0.717) is 12.8 Å². The predicted molar refractivity (Wildman–Crippen MR) is 104 cm³/mol. The van der Waals surface area contributed by atoms with Gasteiger partial charge in [-0.05, 0) is 39.2 Å². The molecule has 2 N–H and O–H groups in total. The zero-order valence-electron chi connectivity index (χ0n) is 16.4. The Morgan fingerprint density at radius 1 is 1.33 bits per heavy atom. The van der Waals surface area contributed by atoms with E-state index in [-0.39, 0.29) is 25.2 Å². The van der Waals surface area contributed by atoms with Crippen LogP contribution in [0, 0.1) is 0 Å². The van der Waals surface area contributed by atoms with Gasteiger partial charge < -0.3 is 24.4 Å². The number of aliphatic hydroxyl groups excluding tert-OH is 2. The van der Waals surface area contributed by atoms with Gasteiger partial charge in [0.05, 0.1) is 18.3 Å². The highest BCUT2D eigenvalue weighted by molar-refractivity contribution is 5.82. The van der Waals surface area contributed by atoms with Crippen LogP contribution in [0.25, 0.3) is 0 Å². The van der Waals surface area contributed by atoms with E-state index in [9.17, 15) is 15.0 Å². The molecule has 6 heteroatoms. The van der Waals surface area contributed by atoms with Crippen molar-refractivity contribution >= 4 is 5.97 Å². The smallest absolute Gasteiger partial charge is 0.330 e. The quantitative estimate of drug-likeness (QED) is 0.344. The van der Waals surface area contributed by atoms with Crippen LogP contribution in [-0.4, -0.2) is 53.5 Å². The van der Waals surface area contributed by atoms with E-state index >= 15 is 0 Å². The molecule has 0 radical (unpaired) electrons. The second-order valence-corrected chi connectivity index (χ2v) is 6.59. The summed E-state index contributed by atoms with van der Waals surface area (Å²) in [5.41, 5.74) is 0.863. The van der Waals surface area contributed by atoms with Crippen LogP contribution in [0.4, 0.5) is 0 Å². The molecule has 0 aromatic carbocycles. The van der Waals surface area contributed by atoms with Crippen LogP contribution in [0.15, 0.2) is 48.6 Å². The molecule has 1 rings (SSSR count). The standard InChI is InChI=1S/C21H32O6/c1-5-9-17(10-6-2)14-25-20(24)12-8-7-11-15(3)26-21-19(23)13-18(22)16(4)27-21/h5-6,8-10,12,15-16,18-19,21-23H,1,7,11,13-14H2,2-4H3/b10-6-,12-8+,17-9+/t15-,16+,18-,19-,21-/m1/s1. The largest absolute Gasteiger partial charge is 0.458 e. The monoisotopic (exact) mass is 380 g/mol. The summed E-state index contributed by atoms with van der Waals surface area (Å²) in [7, 11) is 0. The zero-order chi connectivity index (χ0) is 20.2. The van der Waals surface area contributed by atoms with Gasteiger partial charge in [-0.2, -0.15) is 0 Å². The molecule has 152 valence electrons. The highest BCUT2D eigenvalue weighted by atomic mass is 16.7. The molecule has 1 aliphatic rings. The van der Waals surface area contributed by atoms with Gasteiger partial charge in [0.1, 0.15) is 12.7 Å². The lowest BCUT2D eigenvalue weighted by molar-refractivity contribution is -0.273. The van der Waals surface area contributed by atoms with E-state index in [1.165, 1.54) is 6.08 Å². The van der Waals surface area contributed by atoms with Crippen molar-refractivity contribution in [3.63, 3.8) is 0 Å². The molecule has 0 saturated carbocycles. The topological polar surface area (TPSA) is 85.2 Å². The number of carbonyl (C=O) groups excluding carboxylic acids is 1. The molecule has 1 saturated heterocycles. The lowest BCUT2D eigenvalue weighted by Gasteiger charge is -2.36. The summed E-state index contributed by atoms with van der Waals surface area (Å²) in [6, 6.07) is 0. The lowest BCUT2D eigenvalue weighted by atomic mass is 10.0. The molecular formula is C21H32O6. The van der Waals surface area contributed by atoms with Gasteiger partial charge in [0.15, 0.2) is 6.29 Å². The van der Waals surface area contributed by atoms with Crippen molar-refractivity contribution in [1.29, 1.82) is 0 Å². The molecule has 0 aromatic heterocycles. The molecule has 0 bridgehead atoms. The van der Waals surface area contributed by atoms with Crippen LogP contribution < -0.4 is 0 Å². The van der Waals surface area contributed by atoms with Gasteiger partial charge in [-0.3, -0.25) is 0 Å². The fourth-order valence-electron chi connectivity index (χ4n) is 2.59. The Kier molecular flexibility index (Phi) is 10.9. The summed E-state index contributed by atoms with van der Waals surface area (Å²) in [5.74, 6) is -0.406. The third-order valence-corrected chi connectivity index (χ3v) is 4.14. The van der Waals surface area contributed by atoms with Crippen LogP contribution in [-0.2, 0) is 19.0 Å². The zero-order valence-corrected chi connectivity index (χ0v) is 16.4. The molecule has 1 aliphatic heterocycles. The summed E-state index contributed by atoms with van der Waals surface area (Å²) in [6.07, 6.45) is 9.02. The number of esters is 1. The highest BCUT2D eigenvalue weighted by Crippen LogP contribution is 2.22. The predicted octanol–water partition coefficient (Wildman–Crippen LogP) is 2.82. The molecule has 0 amide bonds. The van der Waals surface area contributed by atoms with Gasteiger partial charge in [0, 0.05) is 12.5 Å². The molecule has 1 heterocycles. The van der Waals surface area contributed by atoms with E-state index < -0.39 is 24.5 Å². The van der Waals surface area contributed by atoms with Gasteiger partial charge in [-0.25, -0.2) is 4.79 Å². The van der Waals surface area contributed by atoms with E-state index in [1.54, 1.807) is 25.2 Å². The van der Waals surface area contributed by atoms with Crippen molar-refractivity contribution in [2.75, 3.05) is 6.61 Å². The number of rotatable bonds is 10. The van der Waals surface area contributed by atoms with Crippen molar-refractivity contribution in [2.45, 2.75) is 70.7 Å². The third kappa shape index (κ3) is 9.15. The molecule has 27 heavy (non-hydrogen) atoms. The first-order chi connectivity index (χ1) is 12.9. The molecule has 1 fully saturated rings. The molecular weight excluding hydrogens is 348 g/mol. The summed E-state index contributed by atoms with van der Waals surface area (Å²) >= 11 is 0. The van der Waals surface area contributed by atoms with Crippen LogP contribution in [0.3, 0.4) is 0 Å². The van der Waals surface area contributed by atoms with Gasteiger partial charge in [0.2, 0.25) is 0 Å². The van der Waals surface area contributed by atoms with Crippen LogP contribution in [0.2, 0.25) is 0 Å². The molecule has 5 atom stereocenters. The summed E-state index contributed by atoms with van der Waals surface area (Å²) in [6.45, 7) is 9.34. The Labute approximate surface area is 161 Å². The maximum Gasteiger partial charge on any atom is 0.330 e. The van der Waals surface area contributed by atoms with Crippen molar-refractivity contribution in [3.05, 3.63) is 48.6 Å². The number of ether oxygens (including phenoxy) is 3. The fraction of sp³-hybridized carbons (Fsp3) is 0.571. The van der Waals surface area contributed by atoms with Crippen LogP contribution in [0.5, 0.6) is 0 Å². The third-order valence-electron chi connectivity index (χ3n) is 4.14. The minimum atomic E-state index is -0.848. The Morgan fingerprint density at radius 2 is 2.07 bits per heavy atom. The number of hydrogen-bond donors (Lipinski definition) is 2. The first-order valence-electron chi connectivity index (χ1n) is 9.32. The molecule has 0 unspecified atom stereocenters. The van der Waals surface area contributed by atoms with Crippen LogP contribution in [0.1, 0.15) is 40.0 Å². The minimum Gasteiger partial charge on any atom is -0.458 e. The van der Waals surface area contributed by atoms with Crippen molar-refractivity contribution in [3.8, 4) is 0 Å². The van der Waals surface area contributed by atoms with Crippen LogP contribution >= 0.6 is 0 Å². The number of aliphatic hydroxyl groups is 2. The molecule has 0 spiro atoms. The Bertz CT molecular complexity index is 551. The van der Waals surface area contributed by atoms with Gasteiger partial charge >= 0.3 is 5.97 Å². The molecule has 6 nitrogen and oxygen atoms in total. The highest BCUT2D eigenvalue weighted by Gasteiger charge is 2.35. The number of carbonyl (C=O) groups is 1. The second kappa shape index (κ2) is 12.6. The SMILES string of the molecule is C=C/C=C(\C=C/C)COC(=O)/C=C/CC[C@@H](C)O[C@@H]1O[C@@H](C)[C@H](O)C[C@H]1O. The Morgan fingerprint density at radius 3 is 2.74 bits per heavy atom. The maximum absolute atomic E-state index is 11.7. The number of allylic oxidation sites excluding steroid dienone is 4. The van der Waals surface area contributed by atoms with Crippen molar-refractivity contribution < 1.29 is 29.2 Å². The number of hydrogen-bond acceptors (Lipinski definition) is 6. The molecule has 0 aliphatic carbocycles. The molecule has 0 aromatic rings. The average molecular weight is 380 g/mol. The second-order valence-electron chi connectivity index (χ2n) is 6.59. The van der Waals surface area contributed by atoms with E-state index in [2.05, 4.69) is 6.58 Å². The Hall–Kier alpha value is -1.73. The van der Waals surface area contributed by atoms with Gasteiger partial charge in [0.25, 0.3) is 0 Å². The van der Waals surface area contributed by atoms with E-state index in [1.807, 2.05) is 26.0 Å². The minimum absolute atomic E-state index is 0.162. The fourth-order valence-corrected chi connectivity index (χ4v) is 2.59. The van der Waals surface area contributed by atoms with E-state index in [4.69, 9.17) is 14.2 Å². The van der Waals surface area contributed by atoms with Crippen molar-refractivity contribution in [1.82, 2.24) is 0 Å². The Balaban J connectivity index is 2.30. The van der Waals surface area contributed by atoms with Gasteiger partial charge in [-0.15, -0.1) is 0 Å². The van der Waals surface area contributed by atoms with Gasteiger partial charge in [-0.1, -0.05) is 37.0 Å².